The second-order valence-corrected chi connectivity index (χ2v) is 4.53. The highest BCUT2D eigenvalue weighted by Crippen LogP contribution is 2.41. The number of carboxylic acids is 1. The topological polar surface area (TPSA) is 102 Å². The average Bonchev–Trinajstić information content (AvgIpc) is 2.25. The van der Waals surface area contributed by atoms with Crippen LogP contribution in [0.2, 0.25) is 0 Å². The predicted molar refractivity (Wildman–Crippen MR) is 62.8 cm³/mol. The Balaban J connectivity index is 2.53. The molecule has 0 saturated heterocycles. The van der Waals surface area contributed by atoms with E-state index in [0.29, 0.717) is 0 Å². The summed E-state index contributed by atoms with van der Waals surface area (Å²) in [7, 11) is 0. The first kappa shape index (κ1) is 12.2. The summed E-state index contributed by atoms with van der Waals surface area (Å²) in [4.78, 5) is 21.4. The molecule has 1 aliphatic heterocycles. The molecule has 2 rings (SSSR count). The number of nitro benzene ring substituents is 1. The molecule has 0 aromatic heterocycles. The number of benzene rings is 1. The predicted octanol–water partition coefficient (Wildman–Crippen LogP) is 1.63. The maximum atomic E-state index is 11.1. The number of aliphatic carboxylic acids is 1. The average molecular weight is 252 g/mol. The second kappa shape index (κ2) is 3.86. The van der Waals surface area contributed by atoms with Crippen LogP contribution < -0.4 is 10.1 Å². The van der Waals surface area contributed by atoms with E-state index in [1.165, 1.54) is 12.1 Å². The summed E-state index contributed by atoms with van der Waals surface area (Å²) in [6.45, 7) is 3.22. The van der Waals surface area contributed by atoms with Gasteiger partial charge in [0.25, 0.3) is 5.69 Å². The second-order valence-electron chi connectivity index (χ2n) is 4.53. The zero-order chi connectivity index (χ0) is 13.5. The summed E-state index contributed by atoms with van der Waals surface area (Å²) in [6.07, 6.45) is 0. The molecule has 7 nitrogen and oxygen atoms in total. The Morgan fingerprint density at radius 3 is 2.78 bits per heavy atom. The molecule has 0 aliphatic carbocycles. The molecule has 1 atom stereocenters. The maximum absolute atomic E-state index is 11.1. The summed E-state index contributed by atoms with van der Waals surface area (Å²) in [5.74, 6) is -0.837. The van der Waals surface area contributed by atoms with Gasteiger partial charge in [-0.3, -0.25) is 10.1 Å². The Morgan fingerprint density at radius 2 is 2.22 bits per heavy atom. The molecule has 0 amide bonds. The van der Waals surface area contributed by atoms with Gasteiger partial charge in [0.15, 0.2) is 11.7 Å². The van der Waals surface area contributed by atoms with Crippen LogP contribution in [0.1, 0.15) is 13.8 Å². The van der Waals surface area contributed by atoms with Gasteiger partial charge in [-0.15, -0.1) is 0 Å². The lowest BCUT2D eigenvalue weighted by atomic mass is 9.95. The molecule has 1 aromatic carbocycles. The van der Waals surface area contributed by atoms with Crippen LogP contribution in [0.15, 0.2) is 18.2 Å². The monoisotopic (exact) mass is 252 g/mol. The van der Waals surface area contributed by atoms with Gasteiger partial charge in [0.2, 0.25) is 0 Å². The molecular formula is C11H12N2O5. The SMILES string of the molecule is CC1(C)Oc2cccc([N+](=O)[O-])c2NC1C(=O)O. The number of hydrogen-bond acceptors (Lipinski definition) is 5. The Labute approximate surface area is 103 Å². The lowest BCUT2D eigenvalue weighted by Gasteiger charge is -2.38. The van der Waals surface area contributed by atoms with Gasteiger partial charge >= 0.3 is 5.97 Å². The number of ether oxygens (including phenoxy) is 1. The minimum absolute atomic E-state index is 0.106. The van der Waals surface area contributed by atoms with Crippen LogP contribution in [0.3, 0.4) is 0 Å². The van der Waals surface area contributed by atoms with Crippen molar-refractivity contribution in [2.75, 3.05) is 5.32 Å². The van der Waals surface area contributed by atoms with Crippen LogP contribution in [0.5, 0.6) is 5.75 Å². The van der Waals surface area contributed by atoms with Crippen LogP contribution in [-0.4, -0.2) is 27.6 Å². The number of fused-ring (bicyclic) bond motifs is 1. The summed E-state index contributed by atoms with van der Waals surface area (Å²) < 4.78 is 5.54. The molecule has 18 heavy (non-hydrogen) atoms. The molecule has 1 unspecified atom stereocenters. The molecule has 0 fully saturated rings. The van der Waals surface area contributed by atoms with Crippen molar-refractivity contribution in [1.82, 2.24) is 0 Å². The van der Waals surface area contributed by atoms with Crippen LogP contribution in [0.4, 0.5) is 11.4 Å². The van der Waals surface area contributed by atoms with E-state index in [2.05, 4.69) is 5.32 Å². The summed E-state index contributed by atoms with van der Waals surface area (Å²) in [6, 6.07) is 3.31. The van der Waals surface area contributed by atoms with E-state index in [9.17, 15) is 14.9 Å². The van der Waals surface area contributed by atoms with E-state index >= 15 is 0 Å². The number of hydrogen-bond donors (Lipinski definition) is 2. The highest BCUT2D eigenvalue weighted by atomic mass is 16.6. The molecule has 1 heterocycles. The number of para-hydroxylation sites is 1. The van der Waals surface area contributed by atoms with Gasteiger partial charge in [-0.2, -0.15) is 0 Å². The van der Waals surface area contributed by atoms with Gasteiger partial charge < -0.3 is 15.2 Å². The fourth-order valence-corrected chi connectivity index (χ4v) is 1.92. The van der Waals surface area contributed by atoms with Crippen molar-refractivity contribution in [2.45, 2.75) is 25.5 Å². The molecule has 96 valence electrons. The van der Waals surface area contributed by atoms with Crippen molar-refractivity contribution < 1.29 is 19.6 Å². The molecule has 0 spiro atoms. The van der Waals surface area contributed by atoms with Crippen molar-refractivity contribution in [1.29, 1.82) is 0 Å². The zero-order valence-corrected chi connectivity index (χ0v) is 9.84. The van der Waals surface area contributed by atoms with Crippen molar-refractivity contribution >= 4 is 17.3 Å². The van der Waals surface area contributed by atoms with Gasteiger partial charge in [-0.1, -0.05) is 6.07 Å². The van der Waals surface area contributed by atoms with Crippen LogP contribution >= 0.6 is 0 Å². The molecule has 0 radical (unpaired) electrons. The normalized spacial score (nSPS) is 20.2. The van der Waals surface area contributed by atoms with E-state index in [1.807, 2.05) is 0 Å². The minimum Gasteiger partial charge on any atom is -0.483 e. The first-order valence-corrected chi connectivity index (χ1v) is 5.28. The number of carbonyl (C=O) groups is 1. The smallest absolute Gasteiger partial charge is 0.330 e. The van der Waals surface area contributed by atoms with Gasteiger partial charge in [0.1, 0.15) is 11.4 Å². The number of rotatable bonds is 2. The number of anilines is 1. The van der Waals surface area contributed by atoms with Crippen LogP contribution in [0, 0.1) is 10.1 Å². The highest BCUT2D eigenvalue weighted by molar-refractivity contribution is 5.84. The highest BCUT2D eigenvalue weighted by Gasteiger charge is 2.43. The van der Waals surface area contributed by atoms with Gasteiger partial charge in [0, 0.05) is 6.07 Å². The number of nitrogens with one attached hydrogen (secondary N) is 1. The fraction of sp³-hybridized carbons (Fsp3) is 0.364. The van der Waals surface area contributed by atoms with E-state index < -0.39 is 22.5 Å². The van der Waals surface area contributed by atoms with Crippen molar-refractivity contribution in [2.24, 2.45) is 0 Å². The standard InChI is InChI=1S/C11H12N2O5/c1-11(2)9(10(14)15)12-8-6(13(16)17)4-3-5-7(8)18-11/h3-5,9,12H,1-2H3,(H,14,15). The molecule has 2 N–H and O–H groups in total. The minimum atomic E-state index is -1.12. The van der Waals surface area contributed by atoms with Crippen LogP contribution in [-0.2, 0) is 4.79 Å². The molecule has 1 aromatic rings. The van der Waals surface area contributed by atoms with E-state index in [1.54, 1.807) is 19.9 Å². The van der Waals surface area contributed by atoms with Gasteiger partial charge in [-0.05, 0) is 19.9 Å². The van der Waals surface area contributed by atoms with Crippen molar-refractivity contribution in [3.8, 4) is 5.75 Å². The third-order valence-electron chi connectivity index (χ3n) is 2.80. The first-order chi connectivity index (χ1) is 8.33. The van der Waals surface area contributed by atoms with E-state index in [4.69, 9.17) is 9.84 Å². The largest absolute Gasteiger partial charge is 0.483 e. The van der Waals surface area contributed by atoms with Gasteiger partial charge in [-0.25, -0.2) is 4.79 Å². The lowest BCUT2D eigenvalue weighted by Crippen LogP contribution is -2.54. The number of nitrogens with zero attached hydrogens (tertiary/aromatic N) is 1. The quantitative estimate of drug-likeness (QED) is 0.612. The van der Waals surface area contributed by atoms with Crippen LogP contribution in [0.25, 0.3) is 0 Å². The summed E-state index contributed by atoms with van der Waals surface area (Å²) >= 11 is 0. The summed E-state index contributed by atoms with van der Waals surface area (Å²) in [5.41, 5.74) is -1.09. The zero-order valence-electron chi connectivity index (χ0n) is 9.84. The van der Waals surface area contributed by atoms with Crippen molar-refractivity contribution in [3.05, 3.63) is 28.3 Å². The molecule has 0 saturated carbocycles. The number of carboxylic acid groups (broad SMARTS) is 1. The summed E-state index contributed by atoms with van der Waals surface area (Å²) in [5, 5.41) is 22.7. The Kier molecular flexibility index (Phi) is 2.61. The van der Waals surface area contributed by atoms with Gasteiger partial charge in [0.05, 0.1) is 4.92 Å². The lowest BCUT2D eigenvalue weighted by molar-refractivity contribution is -0.384. The Hall–Kier alpha value is -2.31. The first-order valence-electron chi connectivity index (χ1n) is 5.28. The third kappa shape index (κ3) is 1.83. The molecule has 1 aliphatic rings. The van der Waals surface area contributed by atoms with E-state index in [0.717, 1.165) is 0 Å². The number of nitro groups is 1. The molecule has 0 bridgehead atoms. The van der Waals surface area contributed by atoms with Crippen molar-refractivity contribution in [3.63, 3.8) is 0 Å². The fourth-order valence-electron chi connectivity index (χ4n) is 1.92. The molecular weight excluding hydrogens is 240 g/mol. The maximum Gasteiger partial charge on any atom is 0.330 e. The Morgan fingerprint density at radius 1 is 1.56 bits per heavy atom. The third-order valence-corrected chi connectivity index (χ3v) is 2.80. The van der Waals surface area contributed by atoms with E-state index in [-0.39, 0.29) is 17.1 Å². The molecule has 7 heteroatoms. The Bertz CT molecular complexity index is 526.